The maximum absolute atomic E-state index is 15.2. The van der Waals surface area contributed by atoms with E-state index in [1.165, 1.54) is 18.2 Å². The van der Waals surface area contributed by atoms with Gasteiger partial charge < -0.3 is 9.13 Å². The number of aromatic nitrogens is 8. The molecule has 0 saturated heterocycles. The normalized spacial score (nSPS) is 12.0. The van der Waals surface area contributed by atoms with Crippen molar-refractivity contribution in [2.75, 3.05) is 0 Å². The van der Waals surface area contributed by atoms with E-state index in [2.05, 4.69) is 85.1 Å². The van der Waals surface area contributed by atoms with Crippen LogP contribution in [0, 0.1) is 34.6 Å². The average molecular weight is 1600 g/mol. The summed E-state index contributed by atoms with van der Waals surface area (Å²) in [5, 5.41) is 2.99. The van der Waals surface area contributed by atoms with Crippen LogP contribution in [0.1, 0.15) is 44.5 Å². The van der Waals surface area contributed by atoms with Crippen molar-refractivity contribution < 1.29 is 39.5 Å². The molecule has 17 heteroatoms. The van der Waals surface area contributed by atoms with Crippen LogP contribution >= 0.6 is 0 Å². The van der Waals surface area contributed by atoms with Gasteiger partial charge in [0.05, 0.1) is 38.8 Å². The minimum absolute atomic E-state index is 0.0214. The molecule has 19 rings (SSSR count). The van der Waals surface area contributed by atoms with Crippen molar-refractivity contribution in [3.05, 3.63) is 372 Å². The number of halogens is 9. The van der Waals surface area contributed by atoms with E-state index in [1.807, 2.05) is 199 Å². The number of fused-ring (bicyclic) bond motifs is 6. The van der Waals surface area contributed by atoms with Crippen LogP contribution in [0.3, 0.4) is 0 Å². The maximum atomic E-state index is 15.2. The Bertz CT molecular complexity index is 7210. The second-order valence-corrected chi connectivity index (χ2v) is 30.6. The quantitative estimate of drug-likeness (QED) is 0.101. The van der Waals surface area contributed by atoms with Crippen molar-refractivity contribution in [2.24, 2.45) is 0 Å². The molecule has 0 atom stereocenters. The van der Waals surface area contributed by atoms with Crippen LogP contribution in [-0.2, 0) is 18.5 Å². The van der Waals surface area contributed by atoms with Gasteiger partial charge in [-0.15, -0.1) is 0 Å². The van der Waals surface area contributed by atoms with Crippen molar-refractivity contribution in [3.8, 4) is 146 Å². The summed E-state index contributed by atoms with van der Waals surface area (Å²) >= 11 is 0. The van der Waals surface area contributed by atoms with E-state index in [1.54, 1.807) is 45.0 Å². The van der Waals surface area contributed by atoms with Crippen molar-refractivity contribution in [1.82, 2.24) is 39.0 Å². The molecule has 121 heavy (non-hydrogen) atoms. The minimum atomic E-state index is -4.70. The molecule has 0 radical (unpaired) electrons. The highest BCUT2D eigenvalue weighted by atomic mass is 19.4. The lowest BCUT2D eigenvalue weighted by Gasteiger charge is -2.18. The molecule has 19 aromatic rings. The van der Waals surface area contributed by atoms with Crippen molar-refractivity contribution >= 4 is 43.6 Å². The van der Waals surface area contributed by atoms with Crippen LogP contribution in [0.2, 0.25) is 0 Å². The molecule has 0 amide bonds. The second kappa shape index (κ2) is 30.0. The second-order valence-electron chi connectivity index (χ2n) is 30.6. The first-order valence-electron chi connectivity index (χ1n) is 39.3. The van der Waals surface area contributed by atoms with Gasteiger partial charge in [0.1, 0.15) is 0 Å². The molecule has 588 valence electrons. The van der Waals surface area contributed by atoms with E-state index < -0.39 is 35.2 Å². The predicted octanol–water partition coefficient (Wildman–Crippen LogP) is 28.9. The molecule has 4 heterocycles. The Balaban J connectivity index is 0.843. The van der Waals surface area contributed by atoms with E-state index in [0.717, 1.165) is 119 Å². The zero-order valence-corrected chi connectivity index (χ0v) is 65.7. The van der Waals surface area contributed by atoms with Crippen molar-refractivity contribution in [2.45, 2.75) is 53.1 Å². The minimum Gasteiger partial charge on any atom is -0.309 e. The van der Waals surface area contributed by atoms with E-state index in [4.69, 9.17) is 29.9 Å². The topological polar surface area (TPSA) is 87.2 Å². The lowest BCUT2D eigenvalue weighted by atomic mass is 9.92. The molecule has 0 fully saturated rings. The van der Waals surface area contributed by atoms with Gasteiger partial charge in [-0.1, -0.05) is 230 Å². The van der Waals surface area contributed by atoms with E-state index in [0.29, 0.717) is 118 Å². The Morgan fingerprint density at radius 2 is 0.496 bits per heavy atom. The molecular formula is C104H69F9N8. The summed E-state index contributed by atoms with van der Waals surface area (Å²) in [7, 11) is 0. The number of rotatable bonds is 14. The summed E-state index contributed by atoms with van der Waals surface area (Å²) in [4.78, 5) is 31.8. The summed E-state index contributed by atoms with van der Waals surface area (Å²) in [6.45, 7) is 9.10. The van der Waals surface area contributed by atoms with Crippen LogP contribution in [0.15, 0.2) is 328 Å². The monoisotopic (exact) mass is 1600 g/mol. The fourth-order valence-corrected chi connectivity index (χ4v) is 16.8. The zero-order valence-electron chi connectivity index (χ0n) is 65.7. The number of hydrogen-bond acceptors (Lipinski definition) is 6. The highest BCUT2D eigenvalue weighted by molar-refractivity contribution is 6.14. The molecular weight excluding hydrogens is 1530 g/mol. The Kier molecular flexibility index (Phi) is 18.9. The maximum Gasteiger partial charge on any atom is 0.417 e. The van der Waals surface area contributed by atoms with Gasteiger partial charge in [-0.25, -0.2) is 29.9 Å². The van der Waals surface area contributed by atoms with Gasteiger partial charge in [-0.2, -0.15) is 39.5 Å². The highest BCUT2D eigenvalue weighted by Gasteiger charge is 2.36. The smallest absolute Gasteiger partial charge is 0.309 e. The fraction of sp³-hybridized carbons (Fsp3) is 0.0769. The van der Waals surface area contributed by atoms with Gasteiger partial charge in [-0.3, -0.25) is 0 Å². The molecule has 0 bridgehead atoms. The summed E-state index contributed by atoms with van der Waals surface area (Å²) in [6.07, 6.45) is -13.8. The van der Waals surface area contributed by atoms with Gasteiger partial charge in [0.25, 0.3) is 0 Å². The highest BCUT2D eigenvalue weighted by Crippen LogP contribution is 2.48. The third-order valence-corrected chi connectivity index (χ3v) is 22.6. The predicted molar refractivity (Wildman–Crippen MR) is 466 cm³/mol. The Hall–Kier alpha value is -14.7. The summed E-state index contributed by atoms with van der Waals surface area (Å²) in [5.74, 6) is 2.33. The van der Waals surface area contributed by atoms with Gasteiger partial charge >= 0.3 is 18.5 Å². The fourth-order valence-electron chi connectivity index (χ4n) is 16.8. The van der Waals surface area contributed by atoms with Crippen LogP contribution in [-0.4, -0.2) is 39.0 Å². The Labute approximate surface area is 690 Å². The molecule has 0 aliphatic carbocycles. The van der Waals surface area contributed by atoms with Gasteiger partial charge in [0.2, 0.25) is 0 Å². The molecule has 0 aliphatic rings. The number of aryl methyl sites for hydroxylation is 5. The van der Waals surface area contributed by atoms with Gasteiger partial charge in [0, 0.05) is 66.3 Å². The van der Waals surface area contributed by atoms with E-state index >= 15 is 13.2 Å². The Morgan fingerprint density at radius 3 is 0.826 bits per heavy atom. The standard InChI is InChI=1S/C104H69F9N8/c1-60-29-39-79(62(3)49-60)71-31-45-92-85(54-71)86-55-72(80-41-35-75(51-63(80)4)102(105,106)107)32-46-93(86)120(92)77-37-43-82(89(58-77)100-116-96(65-19-10-6-11-20-65)114-97(117-100)66-21-12-7-13-22-66)69-27-18-28-70(53-69)83-44-38-78(59-90(83)101-118-98(67-23-14-8-15-24-67)115-99(119-101)68-25-16-9-17-26-68)121-94-47-33-73(81-42-36-76(52-64(81)5)103(108,109)110)56-87(94)88-57-74(34-48-95(88)121)84-40-30-61(2)50-91(84)104(111,112)113/h6-59H,1-5H3. The van der Waals surface area contributed by atoms with E-state index in [-0.39, 0.29) is 5.56 Å². The molecule has 0 N–H and O–H groups in total. The van der Waals surface area contributed by atoms with Crippen LogP contribution in [0.5, 0.6) is 0 Å². The third kappa shape index (κ3) is 14.4. The molecule has 0 spiro atoms. The third-order valence-electron chi connectivity index (χ3n) is 22.6. The molecule has 0 aliphatic heterocycles. The van der Waals surface area contributed by atoms with Crippen LogP contribution in [0.25, 0.3) is 190 Å². The lowest BCUT2D eigenvalue weighted by molar-refractivity contribution is -0.138. The average Bonchev–Trinajstić information content (AvgIpc) is 1.59. The summed E-state index contributed by atoms with van der Waals surface area (Å²) in [5.41, 5.74) is 17.5. The largest absolute Gasteiger partial charge is 0.417 e. The lowest BCUT2D eigenvalue weighted by Crippen LogP contribution is -2.07. The van der Waals surface area contributed by atoms with Crippen LogP contribution < -0.4 is 0 Å². The van der Waals surface area contributed by atoms with Gasteiger partial charge in [0.15, 0.2) is 34.9 Å². The Morgan fingerprint density at radius 1 is 0.207 bits per heavy atom. The number of alkyl halides is 9. The van der Waals surface area contributed by atoms with E-state index in [9.17, 15) is 26.3 Å². The first kappa shape index (κ1) is 76.3. The molecule has 4 aromatic heterocycles. The van der Waals surface area contributed by atoms with Crippen molar-refractivity contribution in [1.29, 1.82) is 0 Å². The number of hydrogen-bond donors (Lipinski definition) is 0. The first-order valence-corrected chi connectivity index (χ1v) is 39.3. The van der Waals surface area contributed by atoms with Gasteiger partial charge in [-0.05, 0) is 227 Å². The van der Waals surface area contributed by atoms with Crippen LogP contribution in [0.4, 0.5) is 39.5 Å². The zero-order chi connectivity index (χ0) is 83.3. The SMILES string of the molecule is Cc1ccc(-c2ccc3c(c2)c2cc(-c4ccc(C(F)(F)F)cc4C)ccc2n3-c2ccc(-c3cccc(-c4ccc(-n5c6ccc(-c7ccc(C(F)(F)F)cc7C)cc6c6cc(-c7ccc(C)cc7C(F)(F)F)ccc65)cc4-c4nc(-c5ccccc5)nc(-c5ccccc5)n4)c3)c(-c3nc(-c4ccccc4)nc(-c4ccccc4)n3)c2)c(C)c1. The molecule has 0 unspecified atom stereocenters. The summed E-state index contributed by atoms with van der Waals surface area (Å²) < 4.78 is 135. The summed E-state index contributed by atoms with van der Waals surface area (Å²) in [6, 6.07) is 101. The number of nitrogens with zero attached hydrogens (tertiary/aromatic N) is 8. The first-order chi connectivity index (χ1) is 58.4. The molecule has 0 saturated carbocycles. The van der Waals surface area contributed by atoms with Crippen molar-refractivity contribution in [3.63, 3.8) is 0 Å². The molecule has 15 aromatic carbocycles. The molecule has 8 nitrogen and oxygen atoms in total. The number of benzene rings is 15.